The summed E-state index contributed by atoms with van der Waals surface area (Å²) in [6.07, 6.45) is 1.13. The van der Waals surface area contributed by atoms with Gasteiger partial charge < -0.3 is 19.9 Å². The van der Waals surface area contributed by atoms with E-state index in [1.807, 2.05) is 32.9 Å². The Labute approximate surface area is 139 Å². The highest BCUT2D eigenvalue weighted by atomic mass is 16.6. The van der Waals surface area contributed by atoms with Crippen LogP contribution in [0.2, 0.25) is 0 Å². The highest BCUT2D eigenvalue weighted by molar-refractivity contribution is 5.67. The second-order valence-corrected chi connectivity index (χ2v) is 6.79. The summed E-state index contributed by atoms with van der Waals surface area (Å²) in [7, 11) is 0. The average molecular weight is 323 g/mol. The summed E-state index contributed by atoms with van der Waals surface area (Å²) in [4.78, 5) is 11.5. The molecule has 0 unspecified atom stereocenters. The molecule has 0 aromatic heterocycles. The molecule has 0 aliphatic carbocycles. The van der Waals surface area contributed by atoms with Crippen molar-refractivity contribution in [3.8, 4) is 11.5 Å². The Balaban J connectivity index is 2.45. The van der Waals surface area contributed by atoms with Gasteiger partial charge >= 0.3 is 6.09 Å². The molecule has 1 atom stereocenters. The molecule has 0 aliphatic heterocycles. The molecule has 0 saturated heterocycles. The van der Waals surface area contributed by atoms with Crippen molar-refractivity contribution in [2.75, 3.05) is 13.2 Å². The Morgan fingerprint density at radius 2 is 2.04 bits per heavy atom. The van der Waals surface area contributed by atoms with Gasteiger partial charge in [0, 0.05) is 12.6 Å². The Hall–Kier alpha value is -1.91. The van der Waals surface area contributed by atoms with Gasteiger partial charge in [0.2, 0.25) is 0 Å². The summed E-state index contributed by atoms with van der Waals surface area (Å²) in [5.74, 6) is 1.32. The summed E-state index contributed by atoms with van der Waals surface area (Å²) < 4.78 is 10.8. The molecule has 0 aliphatic rings. The quantitative estimate of drug-likeness (QED) is 0.799. The van der Waals surface area contributed by atoms with E-state index in [1.165, 1.54) is 0 Å². The lowest BCUT2D eigenvalue weighted by atomic mass is 10.1. The van der Waals surface area contributed by atoms with Crippen LogP contribution in [0.4, 0.5) is 4.79 Å². The first-order chi connectivity index (χ1) is 10.7. The second kappa shape index (κ2) is 8.65. The Bertz CT molecular complexity index is 508. The molecule has 1 aromatic carbocycles. The molecular weight excluding hydrogens is 294 g/mol. The van der Waals surface area contributed by atoms with Gasteiger partial charge in [-0.2, -0.15) is 0 Å². The van der Waals surface area contributed by atoms with Crippen molar-refractivity contribution in [3.05, 3.63) is 23.8 Å². The number of hydrogen-bond donors (Lipinski definition) is 2. The molecule has 1 aromatic rings. The lowest BCUT2D eigenvalue weighted by molar-refractivity contribution is 0.0528. The summed E-state index contributed by atoms with van der Waals surface area (Å²) >= 11 is 0. The van der Waals surface area contributed by atoms with Crippen molar-refractivity contribution in [2.45, 2.75) is 53.1 Å². The first kappa shape index (κ1) is 19.1. The standard InChI is InChI=1S/C18H29NO4/c1-6-13(2)12-22-15-8-7-14(16(20)11-15)9-10-19-17(21)23-18(3,4)5/h7-8,11,13,20H,6,9-10,12H2,1-5H3,(H,19,21)/t13-/m0/s1. The third-order valence-electron chi connectivity index (χ3n) is 3.35. The summed E-state index contributed by atoms with van der Waals surface area (Å²) in [6.45, 7) is 10.7. The van der Waals surface area contributed by atoms with Gasteiger partial charge in [-0.15, -0.1) is 0 Å². The van der Waals surface area contributed by atoms with Gasteiger partial charge in [-0.05, 0) is 44.7 Å². The molecule has 2 N–H and O–H groups in total. The molecule has 130 valence electrons. The topological polar surface area (TPSA) is 67.8 Å². The van der Waals surface area contributed by atoms with Gasteiger partial charge in [-0.3, -0.25) is 0 Å². The van der Waals surface area contributed by atoms with Gasteiger partial charge in [0.25, 0.3) is 0 Å². The summed E-state index contributed by atoms with van der Waals surface area (Å²) in [5, 5.41) is 12.7. The number of aromatic hydroxyl groups is 1. The minimum atomic E-state index is -0.513. The largest absolute Gasteiger partial charge is 0.508 e. The molecule has 0 saturated carbocycles. The van der Waals surface area contributed by atoms with Crippen LogP contribution in [0.25, 0.3) is 0 Å². The number of hydrogen-bond acceptors (Lipinski definition) is 4. The van der Waals surface area contributed by atoms with Crippen LogP contribution in [0.15, 0.2) is 18.2 Å². The highest BCUT2D eigenvalue weighted by Gasteiger charge is 2.15. The zero-order valence-electron chi connectivity index (χ0n) is 14.8. The number of amides is 1. The van der Waals surface area contributed by atoms with Crippen molar-refractivity contribution in [3.63, 3.8) is 0 Å². The minimum Gasteiger partial charge on any atom is -0.508 e. The smallest absolute Gasteiger partial charge is 0.407 e. The molecule has 23 heavy (non-hydrogen) atoms. The predicted octanol–water partition coefficient (Wildman–Crippen LogP) is 3.88. The van der Waals surface area contributed by atoms with Gasteiger partial charge in [0.15, 0.2) is 0 Å². The SMILES string of the molecule is CC[C@H](C)COc1ccc(CCNC(=O)OC(C)(C)C)c(O)c1. The monoisotopic (exact) mass is 323 g/mol. The van der Waals surface area contributed by atoms with Crippen LogP contribution in [0.5, 0.6) is 11.5 Å². The first-order valence-electron chi connectivity index (χ1n) is 8.12. The predicted molar refractivity (Wildman–Crippen MR) is 91.0 cm³/mol. The molecule has 5 heteroatoms. The third kappa shape index (κ3) is 7.77. The maximum absolute atomic E-state index is 11.5. The minimum absolute atomic E-state index is 0.178. The number of phenols is 1. The van der Waals surface area contributed by atoms with E-state index in [1.54, 1.807) is 6.07 Å². The van der Waals surface area contributed by atoms with E-state index in [9.17, 15) is 9.90 Å². The number of carbonyl (C=O) groups is 1. The van der Waals surface area contributed by atoms with Crippen molar-refractivity contribution >= 4 is 6.09 Å². The highest BCUT2D eigenvalue weighted by Crippen LogP contribution is 2.24. The van der Waals surface area contributed by atoms with Crippen LogP contribution < -0.4 is 10.1 Å². The summed E-state index contributed by atoms with van der Waals surface area (Å²) in [6, 6.07) is 5.27. The zero-order valence-corrected chi connectivity index (χ0v) is 14.8. The zero-order chi connectivity index (χ0) is 17.5. The lowest BCUT2D eigenvalue weighted by Gasteiger charge is -2.19. The molecule has 0 bridgehead atoms. The second-order valence-electron chi connectivity index (χ2n) is 6.79. The maximum atomic E-state index is 11.5. The van der Waals surface area contributed by atoms with E-state index in [0.717, 1.165) is 12.0 Å². The molecule has 0 heterocycles. The molecule has 1 amide bonds. The van der Waals surface area contributed by atoms with Crippen LogP contribution in [0.3, 0.4) is 0 Å². The van der Waals surface area contributed by atoms with Crippen molar-refractivity contribution in [2.24, 2.45) is 5.92 Å². The van der Waals surface area contributed by atoms with Crippen LogP contribution in [0.1, 0.15) is 46.6 Å². The van der Waals surface area contributed by atoms with E-state index in [2.05, 4.69) is 19.2 Å². The lowest BCUT2D eigenvalue weighted by Crippen LogP contribution is -2.33. The van der Waals surface area contributed by atoms with Gasteiger partial charge in [-0.25, -0.2) is 4.79 Å². The number of benzene rings is 1. The average Bonchev–Trinajstić information content (AvgIpc) is 2.44. The van der Waals surface area contributed by atoms with Gasteiger partial charge in [0.05, 0.1) is 6.61 Å². The Morgan fingerprint density at radius 3 is 2.61 bits per heavy atom. The molecule has 5 nitrogen and oxygen atoms in total. The van der Waals surface area contributed by atoms with E-state index in [4.69, 9.17) is 9.47 Å². The number of phenolic OH excluding ortho intramolecular Hbond substituents is 1. The van der Waals surface area contributed by atoms with Crippen LogP contribution in [-0.4, -0.2) is 30.0 Å². The van der Waals surface area contributed by atoms with E-state index < -0.39 is 11.7 Å². The third-order valence-corrected chi connectivity index (χ3v) is 3.35. The Kier molecular flexibility index (Phi) is 7.20. The number of nitrogens with one attached hydrogen (secondary N) is 1. The first-order valence-corrected chi connectivity index (χ1v) is 8.12. The van der Waals surface area contributed by atoms with Gasteiger partial charge in [0.1, 0.15) is 17.1 Å². The van der Waals surface area contributed by atoms with E-state index in [0.29, 0.717) is 31.2 Å². The molecular formula is C18H29NO4. The number of rotatable bonds is 7. The molecule has 0 radical (unpaired) electrons. The van der Waals surface area contributed by atoms with E-state index >= 15 is 0 Å². The van der Waals surface area contributed by atoms with Crippen LogP contribution in [0, 0.1) is 5.92 Å². The van der Waals surface area contributed by atoms with Gasteiger partial charge in [-0.1, -0.05) is 26.3 Å². The van der Waals surface area contributed by atoms with Crippen molar-refractivity contribution < 1.29 is 19.4 Å². The fourth-order valence-corrected chi connectivity index (χ4v) is 1.81. The number of carbonyl (C=O) groups excluding carboxylic acids is 1. The molecule has 0 spiro atoms. The van der Waals surface area contributed by atoms with Crippen molar-refractivity contribution in [1.29, 1.82) is 0 Å². The van der Waals surface area contributed by atoms with Crippen molar-refractivity contribution in [1.82, 2.24) is 5.32 Å². The normalized spacial score (nSPS) is 12.6. The maximum Gasteiger partial charge on any atom is 0.407 e. The van der Waals surface area contributed by atoms with Crippen LogP contribution in [-0.2, 0) is 11.2 Å². The van der Waals surface area contributed by atoms with E-state index in [-0.39, 0.29) is 5.75 Å². The number of ether oxygens (including phenoxy) is 2. The molecule has 0 fully saturated rings. The fraction of sp³-hybridized carbons (Fsp3) is 0.611. The molecule has 1 rings (SSSR count). The fourth-order valence-electron chi connectivity index (χ4n) is 1.81. The number of alkyl carbamates (subject to hydrolysis) is 1. The van der Waals surface area contributed by atoms with Crippen LogP contribution >= 0.6 is 0 Å². The Morgan fingerprint density at radius 1 is 1.35 bits per heavy atom. The summed E-state index contributed by atoms with van der Waals surface area (Å²) in [5.41, 5.74) is 0.248.